The molecule has 0 radical (unpaired) electrons. The number of fused-ring (bicyclic) bond motifs is 1. The lowest BCUT2D eigenvalue weighted by Crippen LogP contribution is -1.97. The standard InChI is InChI=1S/C14H8BrF2N3/c15-8-1-4-13-10(5-8)14(19-7-18-13)20-9-2-3-11(16)12(17)6-9/h1-7H,(H,18,19,20). The maximum absolute atomic E-state index is 13.2. The molecule has 0 saturated heterocycles. The summed E-state index contributed by atoms with van der Waals surface area (Å²) in [5.74, 6) is -1.26. The molecule has 2 aromatic carbocycles. The zero-order valence-electron chi connectivity index (χ0n) is 10.1. The zero-order valence-corrected chi connectivity index (χ0v) is 11.7. The Hall–Kier alpha value is -2.08. The Labute approximate surface area is 121 Å². The van der Waals surface area contributed by atoms with Gasteiger partial charge in [-0.2, -0.15) is 0 Å². The van der Waals surface area contributed by atoms with Gasteiger partial charge in [0.05, 0.1) is 5.52 Å². The lowest BCUT2D eigenvalue weighted by atomic mass is 10.2. The number of nitrogens with zero attached hydrogens (tertiary/aromatic N) is 2. The van der Waals surface area contributed by atoms with Gasteiger partial charge in [-0.15, -0.1) is 0 Å². The van der Waals surface area contributed by atoms with Crippen LogP contribution >= 0.6 is 15.9 Å². The van der Waals surface area contributed by atoms with Crippen LogP contribution in [-0.2, 0) is 0 Å². The van der Waals surface area contributed by atoms with Gasteiger partial charge in [0.2, 0.25) is 0 Å². The number of hydrogen-bond acceptors (Lipinski definition) is 3. The molecule has 6 heteroatoms. The predicted molar refractivity (Wildman–Crippen MR) is 76.9 cm³/mol. The van der Waals surface area contributed by atoms with Crippen molar-refractivity contribution < 1.29 is 8.78 Å². The Kier molecular flexibility index (Phi) is 3.31. The minimum atomic E-state index is -0.908. The van der Waals surface area contributed by atoms with Gasteiger partial charge in [-0.1, -0.05) is 15.9 Å². The molecule has 0 bridgehead atoms. The van der Waals surface area contributed by atoms with Crippen molar-refractivity contribution in [3.8, 4) is 0 Å². The first kappa shape index (κ1) is 12.9. The third kappa shape index (κ3) is 2.46. The summed E-state index contributed by atoms with van der Waals surface area (Å²) < 4.78 is 27.0. The van der Waals surface area contributed by atoms with Crippen molar-refractivity contribution in [3.05, 3.63) is 58.8 Å². The highest BCUT2D eigenvalue weighted by molar-refractivity contribution is 9.10. The summed E-state index contributed by atoms with van der Waals surface area (Å²) in [5.41, 5.74) is 1.18. The fraction of sp³-hybridized carbons (Fsp3) is 0. The van der Waals surface area contributed by atoms with E-state index in [9.17, 15) is 8.78 Å². The first-order valence-electron chi connectivity index (χ1n) is 5.76. The van der Waals surface area contributed by atoms with E-state index in [0.717, 1.165) is 27.5 Å². The fourth-order valence-electron chi connectivity index (χ4n) is 1.84. The van der Waals surface area contributed by atoms with E-state index in [1.807, 2.05) is 18.2 Å². The van der Waals surface area contributed by atoms with Crippen molar-refractivity contribution in [2.75, 3.05) is 5.32 Å². The van der Waals surface area contributed by atoms with E-state index in [4.69, 9.17) is 0 Å². The number of halogens is 3. The Balaban J connectivity index is 2.05. The summed E-state index contributed by atoms with van der Waals surface area (Å²) in [6.07, 6.45) is 1.42. The van der Waals surface area contributed by atoms with Gasteiger partial charge in [-0.25, -0.2) is 18.7 Å². The Bertz CT molecular complexity index is 792. The van der Waals surface area contributed by atoms with E-state index in [0.29, 0.717) is 11.5 Å². The smallest absolute Gasteiger partial charge is 0.160 e. The Morgan fingerprint density at radius 2 is 1.80 bits per heavy atom. The van der Waals surface area contributed by atoms with Crippen LogP contribution in [0.15, 0.2) is 47.2 Å². The summed E-state index contributed by atoms with van der Waals surface area (Å²) in [5, 5.41) is 3.75. The third-order valence-corrected chi connectivity index (χ3v) is 3.27. The average Bonchev–Trinajstić information content (AvgIpc) is 2.44. The summed E-state index contributed by atoms with van der Waals surface area (Å²) in [6.45, 7) is 0. The molecule has 0 unspecified atom stereocenters. The molecule has 0 saturated carbocycles. The van der Waals surface area contributed by atoms with E-state index < -0.39 is 11.6 Å². The number of aromatic nitrogens is 2. The Morgan fingerprint density at radius 3 is 2.60 bits per heavy atom. The van der Waals surface area contributed by atoms with Crippen LogP contribution in [0.4, 0.5) is 20.3 Å². The molecule has 0 fully saturated rings. The number of rotatable bonds is 2. The highest BCUT2D eigenvalue weighted by Crippen LogP contribution is 2.26. The first-order valence-corrected chi connectivity index (χ1v) is 6.55. The molecule has 100 valence electrons. The second kappa shape index (κ2) is 5.13. The molecule has 3 nitrogen and oxygen atoms in total. The zero-order chi connectivity index (χ0) is 14.1. The van der Waals surface area contributed by atoms with Crippen molar-refractivity contribution >= 4 is 38.3 Å². The molecule has 0 aliphatic rings. The first-order chi connectivity index (χ1) is 9.63. The Morgan fingerprint density at radius 1 is 0.950 bits per heavy atom. The van der Waals surface area contributed by atoms with Gasteiger partial charge in [0.25, 0.3) is 0 Å². The number of anilines is 2. The van der Waals surface area contributed by atoms with Crippen LogP contribution in [0.1, 0.15) is 0 Å². The quantitative estimate of drug-likeness (QED) is 0.753. The molecule has 1 N–H and O–H groups in total. The van der Waals surface area contributed by atoms with Crippen molar-refractivity contribution in [1.82, 2.24) is 9.97 Å². The van der Waals surface area contributed by atoms with Crippen LogP contribution in [0.25, 0.3) is 10.9 Å². The van der Waals surface area contributed by atoms with Gasteiger partial charge in [-0.05, 0) is 30.3 Å². The molecular formula is C14H8BrF2N3. The maximum Gasteiger partial charge on any atom is 0.160 e. The minimum absolute atomic E-state index is 0.420. The fourth-order valence-corrected chi connectivity index (χ4v) is 2.20. The number of hydrogen-bond donors (Lipinski definition) is 1. The van der Waals surface area contributed by atoms with Crippen LogP contribution < -0.4 is 5.32 Å². The van der Waals surface area contributed by atoms with E-state index in [2.05, 4.69) is 31.2 Å². The summed E-state index contributed by atoms with van der Waals surface area (Å²) in [4.78, 5) is 8.29. The molecule has 0 spiro atoms. The van der Waals surface area contributed by atoms with E-state index in [1.54, 1.807) is 0 Å². The van der Waals surface area contributed by atoms with E-state index >= 15 is 0 Å². The van der Waals surface area contributed by atoms with Gasteiger partial charge < -0.3 is 5.32 Å². The monoisotopic (exact) mass is 335 g/mol. The molecule has 20 heavy (non-hydrogen) atoms. The second-order valence-electron chi connectivity index (χ2n) is 4.14. The van der Waals surface area contributed by atoms with Gasteiger partial charge in [0, 0.05) is 21.6 Å². The number of nitrogens with one attached hydrogen (secondary N) is 1. The topological polar surface area (TPSA) is 37.8 Å². The molecule has 3 rings (SSSR count). The van der Waals surface area contributed by atoms with Gasteiger partial charge in [-0.3, -0.25) is 0 Å². The third-order valence-electron chi connectivity index (χ3n) is 2.78. The molecule has 1 heterocycles. The van der Waals surface area contributed by atoms with Gasteiger partial charge >= 0.3 is 0 Å². The van der Waals surface area contributed by atoms with E-state index in [1.165, 1.54) is 12.4 Å². The summed E-state index contributed by atoms with van der Waals surface area (Å²) in [7, 11) is 0. The van der Waals surface area contributed by atoms with Crippen molar-refractivity contribution in [2.24, 2.45) is 0 Å². The lowest BCUT2D eigenvalue weighted by molar-refractivity contribution is 0.509. The molecular weight excluding hydrogens is 328 g/mol. The molecule has 0 aliphatic carbocycles. The van der Waals surface area contributed by atoms with Crippen LogP contribution in [0.2, 0.25) is 0 Å². The highest BCUT2D eigenvalue weighted by Gasteiger charge is 2.07. The summed E-state index contributed by atoms with van der Waals surface area (Å²) in [6, 6.07) is 9.17. The average molecular weight is 336 g/mol. The molecule has 0 amide bonds. The lowest BCUT2D eigenvalue weighted by Gasteiger charge is -2.08. The SMILES string of the molecule is Fc1ccc(Nc2ncnc3ccc(Br)cc23)cc1F. The molecule has 0 atom stereocenters. The van der Waals surface area contributed by atoms with Gasteiger partial charge in [0.1, 0.15) is 12.1 Å². The molecule has 1 aromatic heterocycles. The van der Waals surface area contributed by atoms with Crippen LogP contribution in [-0.4, -0.2) is 9.97 Å². The number of benzene rings is 2. The second-order valence-corrected chi connectivity index (χ2v) is 5.05. The minimum Gasteiger partial charge on any atom is -0.340 e. The maximum atomic E-state index is 13.2. The molecule has 0 aliphatic heterocycles. The van der Waals surface area contributed by atoms with Crippen molar-refractivity contribution in [3.63, 3.8) is 0 Å². The summed E-state index contributed by atoms with van der Waals surface area (Å²) >= 11 is 3.38. The largest absolute Gasteiger partial charge is 0.340 e. The molecule has 3 aromatic rings. The van der Waals surface area contributed by atoms with Crippen molar-refractivity contribution in [1.29, 1.82) is 0 Å². The van der Waals surface area contributed by atoms with Gasteiger partial charge in [0.15, 0.2) is 11.6 Å². The van der Waals surface area contributed by atoms with Crippen molar-refractivity contribution in [2.45, 2.75) is 0 Å². The van der Waals surface area contributed by atoms with Crippen LogP contribution in [0.3, 0.4) is 0 Å². The normalized spacial score (nSPS) is 10.8. The van der Waals surface area contributed by atoms with Crippen LogP contribution in [0.5, 0.6) is 0 Å². The van der Waals surface area contributed by atoms with Crippen LogP contribution in [0, 0.1) is 11.6 Å². The predicted octanol–water partition coefficient (Wildman–Crippen LogP) is 4.41. The highest BCUT2D eigenvalue weighted by atomic mass is 79.9. The van der Waals surface area contributed by atoms with E-state index in [-0.39, 0.29) is 0 Å².